The van der Waals surface area contributed by atoms with Gasteiger partial charge in [0.05, 0.1) is 0 Å². The molecule has 0 radical (unpaired) electrons. The lowest BCUT2D eigenvalue weighted by molar-refractivity contribution is 0.760. The molecular weight excluding hydrogens is 353 g/mol. The van der Waals surface area contributed by atoms with Crippen LogP contribution in [-0.2, 0) is 0 Å². The molecular formula is C11H13BrIN. The first-order chi connectivity index (χ1) is 6.75. The minimum atomic E-state index is 1.01. The third kappa shape index (κ3) is 3.12. The van der Waals surface area contributed by atoms with Crippen LogP contribution in [-0.4, -0.2) is 6.54 Å². The molecule has 1 saturated carbocycles. The van der Waals surface area contributed by atoms with E-state index in [0.29, 0.717) is 0 Å². The fourth-order valence-corrected chi connectivity index (χ4v) is 2.20. The third-order valence-corrected chi connectivity index (χ3v) is 4.82. The Morgan fingerprint density at radius 1 is 1.43 bits per heavy atom. The van der Waals surface area contributed by atoms with E-state index in [4.69, 9.17) is 0 Å². The van der Waals surface area contributed by atoms with Gasteiger partial charge in [-0.1, -0.05) is 12.8 Å². The number of benzene rings is 1. The maximum absolute atomic E-state index is 3.50. The fraction of sp³-hybridized carbons (Fsp3) is 0.455. The Balaban J connectivity index is 1.85. The third-order valence-electron chi connectivity index (χ3n) is 2.50. The molecule has 76 valence electrons. The summed E-state index contributed by atoms with van der Waals surface area (Å²) in [5.74, 6) is 1.01. The van der Waals surface area contributed by atoms with Crippen LogP contribution in [0.1, 0.15) is 19.3 Å². The Hall–Kier alpha value is 0.230. The summed E-state index contributed by atoms with van der Waals surface area (Å²) in [6.07, 6.45) is 4.21. The molecule has 0 amide bonds. The van der Waals surface area contributed by atoms with E-state index in [-0.39, 0.29) is 0 Å². The van der Waals surface area contributed by atoms with Crippen molar-refractivity contribution >= 4 is 44.2 Å². The average molecular weight is 366 g/mol. The molecule has 1 aromatic rings. The van der Waals surface area contributed by atoms with Crippen molar-refractivity contribution in [1.29, 1.82) is 0 Å². The van der Waals surface area contributed by atoms with Gasteiger partial charge in [-0.15, -0.1) is 0 Å². The second-order valence-corrected chi connectivity index (χ2v) is 5.80. The van der Waals surface area contributed by atoms with E-state index in [2.05, 4.69) is 62.0 Å². The van der Waals surface area contributed by atoms with Crippen LogP contribution in [0.3, 0.4) is 0 Å². The monoisotopic (exact) mass is 365 g/mol. The summed E-state index contributed by atoms with van der Waals surface area (Å²) in [6, 6.07) is 6.40. The highest BCUT2D eigenvalue weighted by atomic mass is 127. The van der Waals surface area contributed by atoms with Crippen molar-refractivity contribution in [2.45, 2.75) is 19.3 Å². The number of nitrogens with one attached hydrogen (secondary N) is 1. The molecule has 0 aromatic heterocycles. The largest absolute Gasteiger partial charge is 0.385 e. The van der Waals surface area contributed by atoms with Gasteiger partial charge < -0.3 is 5.32 Å². The van der Waals surface area contributed by atoms with E-state index in [0.717, 1.165) is 12.5 Å². The van der Waals surface area contributed by atoms with Gasteiger partial charge >= 0.3 is 0 Å². The predicted molar refractivity (Wildman–Crippen MR) is 72.7 cm³/mol. The van der Waals surface area contributed by atoms with Crippen molar-refractivity contribution in [3.63, 3.8) is 0 Å². The van der Waals surface area contributed by atoms with E-state index in [1.165, 1.54) is 33.0 Å². The Kier molecular flexibility index (Phi) is 3.71. The highest BCUT2D eigenvalue weighted by molar-refractivity contribution is 14.1. The van der Waals surface area contributed by atoms with Crippen LogP contribution in [0.15, 0.2) is 22.7 Å². The summed E-state index contributed by atoms with van der Waals surface area (Å²) in [4.78, 5) is 0. The molecule has 0 atom stereocenters. The fourth-order valence-electron chi connectivity index (χ4n) is 1.43. The number of anilines is 1. The molecule has 0 unspecified atom stereocenters. The summed E-state index contributed by atoms with van der Waals surface area (Å²) in [5, 5.41) is 3.46. The van der Waals surface area contributed by atoms with Gasteiger partial charge in [-0.3, -0.25) is 0 Å². The zero-order chi connectivity index (χ0) is 9.97. The van der Waals surface area contributed by atoms with Crippen molar-refractivity contribution in [3.05, 3.63) is 26.2 Å². The first-order valence-corrected chi connectivity index (χ1v) is 6.82. The summed E-state index contributed by atoms with van der Waals surface area (Å²) in [6.45, 7) is 1.11. The van der Waals surface area contributed by atoms with Crippen LogP contribution in [0.5, 0.6) is 0 Å². The standard InChI is InChI=1S/C11H13BrIN/c12-10-4-3-9(7-11(10)13)14-6-5-8-1-2-8/h3-4,7-8,14H,1-2,5-6H2. The van der Waals surface area contributed by atoms with Crippen molar-refractivity contribution < 1.29 is 0 Å². The molecule has 0 aliphatic heterocycles. The lowest BCUT2D eigenvalue weighted by atomic mass is 10.2. The summed E-state index contributed by atoms with van der Waals surface area (Å²) in [7, 11) is 0. The second kappa shape index (κ2) is 4.84. The molecule has 1 fully saturated rings. The molecule has 1 aromatic carbocycles. The van der Waals surface area contributed by atoms with Gasteiger partial charge in [-0.25, -0.2) is 0 Å². The minimum Gasteiger partial charge on any atom is -0.385 e. The van der Waals surface area contributed by atoms with Crippen LogP contribution >= 0.6 is 38.5 Å². The maximum atomic E-state index is 3.50. The number of hydrogen-bond acceptors (Lipinski definition) is 1. The minimum absolute atomic E-state index is 1.01. The summed E-state index contributed by atoms with van der Waals surface area (Å²) >= 11 is 5.84. The molecule has 1 nitrogen and oxygen atoms in total. The van der Waals surface area contributed by atoms with Crippen LogP contribution in [0.2, 0.25) is 0 Å². The van der Waals surface area contributed by atoms with E-state index < -0.39 is 0 Å². The first-order valence-electron chi connectivity index (χ1n) is 4.94. The molecule has 14 heavy (non-hydrogen) atoms. The van der Waals surface area contributed by atoms with Gasteiger partial charge in [0, 0.05) is 20.3 Å². The zero-order valence-corrected chi connectivity index (χ0v) is 11.6. The first kappa shape index (κ1) is 10.7. The zero-order valence-electron chi connectivity index (χ0n) is 7.89. The number of halogens is 2. The Morgan fingerprint density at radius 3 is 2.86 bits per heavy atom. The van der Waals surface area contributed by atoms with Crippen molar-refractivity contribution in [2.75, 3.05) is 11.9 Å². The van der Waals surface area contributed by atoms with Gasteiger partial charge in [0.1, 0.15) is 0 Å². The molecule has 0 bridgehead atoms. The van der Waals surface area contributed by atoms with Crippen LogP contribution in [0.4, 0.5) is 5.69 Å². The van der Waals surface area contributed by atoms with E-state index >= 15 is 0 Å². The van der Waals surface area contributed by atoms with Crippen LogP contribution < -0.4 is 5.32 Å². The molecule has 0 spiro atoms. The molecule has 3 heteroatoms. The highest BCUT2D eigenvalue weighted by Crippen LogP contribution is 2.32. The summed E-state index contributed by atoms with van der Waals surface area (Å²) in [5.41, 5.74) is 1.23. The van der Waals surface area contributed by atoms with Crippen LogP contribution in [0.25, 0.3) is 0 Å². The molecule has 1 aliphatic carbocycles. The lowest BCUT2D eigenvalue weighted by Gasteiger charge is -2.06. The molecule has 0 saturated heterocycles. The topological polar surface area (TPSA) is 12.0 Å². The van der Waals surface area contributed by atoms with E-state index in [9.17, 15) is 0 Å². The maximum Gasteiger partial charge on any atom is 0.0351 e. The van der Waals surface area contributed by atoms with Crippen LogP contribution in [0, 0.1) is 9.49 Å². The summed E-state index contributed by atoms with van der Waals surface area (Å²) < 4.78 is 2.44. The average Bonchev–Trinajstić information content (AvgIpc) is 2.95. The van der Waals surface area contributed by atoms with Gasteiger partial charge in [-0.2, -0.15) is 0 Å². The normalized spacial score (nSPS) is 15.6. The van der Waals surface area contributed by atoms with Crippen molar-refractivity contribution in [3.8, 4) is 0 Å². The molecule has 1 N–H and O–H groups in total. The Labute approximate surface area is 107 Å². The van der Waals surface area contributed by atoms with Gasteiger partial charge in [0.2, 0.25) is 0 Å². The second-order valence-electron chi connectivity index (χ2n) is 3.79. The smallest absolute Gasteiger partial charge is 0.0351 e. The number of hydrogen-bond donors (Lipinski definition) is 1. The Bertz CT molecular complexity index is 323. The molecule has 0 heterocycles. The van der Waals surface area contributed by atoms with Crippen molar-refractivity contribution in [1.82, 2.24) is 0 Å². The predicted octanol–water partition coefficient (Wildman–Crippen LogP) is 4.27. The van der Waals surface area contributed by atoms with Gasteiger partial charge in [-0.05, 0) is 69.1 Å². The highest BCUT2D eigenvalue weighted by Gasteiger charge is 2.19. The van der Waals surface area contributed by atoms with E-state index in [1.807, 2.05) is 0 Å². The molecule has 1 aliphatic rings. The van der Waals surface area contributed by atoms with Gasteiger partial charge in [0.15, 0.2) is 0 Å². The quantitative estimate of drug-likeness (QED) is 0.786. The SMILES string of the molecule is Brc1ccc(NCCC2CC2)cc1I. The lowest BCUT2D eigenvalue weighted by Crippen LogP contribution is -2.02. The molecule has 2 rings (SSSR count). The number of rotatable bonds is 4. The van der Waals surface area contributed by atoms with Crippen molar-refractivity contribution in [2.24, 2.45) is 5.92 Å². The Morgan fingerprint density at radius 2 is 2.21 bits per heavy atom. The van der Waals surface area contributed by atoms with E-state index in [1.54, 1.807) is 0 Å². The van der Waals surface area contributed by atoms with Gasteiger partial charge in [0.25, 0.3) is 0 Å².